The smallest absolute Gasteiger partial charge is 0.212 e. The first-order valence-electron chi connectivity index (χ1n) is 12.2. The van der Waals surface area contributed by atoms with Gasteiger partial charge in [-0.2, -0.15) is 0 Å². The van der Waals surface area contributed by atoms with Crippen molar-refractivity contribution in [2.24, 2.45) is 0 Å². The molecule has 0 amide bonds. The highest BCUT2D eigenvalue weighted by molar-refractivity contribution is 7.19. The summed E-state index contributed by atoms with van der Waals surface area (Å²) < 4.78 is 26.6. The third-order valence-electron chi connectivity index (χ3n) is 7.28. The fourth-order valence-electron chi connectivity index (χ4n) is 4.30. The van der Waals surface area contributed by atoms with Gasteiger partial charge in [0, 0.05) is 16.8 Å². The van der Waals surface area contributed by atoms with Crippen LogP contribution in [-0.2, 0) is 18.6 Å². The second kappa shape index (κ2) is 9.08. The van der Waals surface area contributed by atoms with Crippen LogP contribution in [0.25, 0.3) is 4.96 Å². The molecule has 0 bridgehead atoms. The Morgan fingerprint density at radius 1 is 1.16 bits per heavy atom. The summed E-state index contributed by atoms with van der Waals surface area (Å²) in [5.74, 6) is -1.30. The van der Waals surface area contributed by atoms with Crippen molar-refractivity contribution in [3.05, 3.63) is 57.8 Å². The molecule has 8 nitrogen and oxygen atoms in total. The van der Waals surface area contributed by atoms with Crippen LogP contribution in [0.15, 0.2) is 36.7 Å². The second-order valence-electron chi connectivity index (χ2n) is 11.5. The highest BCUT2D eigenvalue weighted by Gasteiger charge is 2.59. The highest BCUT2D eigenvalue weighted by Crippen LogP contribution is 2.44. The zero-order valence-electron chi connectivity index (χ0n) is 21.9. The molecule has 0 spiro atoms. The molecule has 37 heavy (non-hydrogen) atoms. The number of nitrogens with zero attached hydrogens (tertiary/aromatic N) is 2. The van der Waals surface area contributed by atoms with E-state index in [9.17, 15) is 9.59 Å². The largest absolute Gasteiger partial charge is 0.408 e. The van der Waals surface area contributed by atoms with E-state index >= 15 is 0 Å². The maximum Gasteiger partial charge on any atom is 0.212 e. The number of ketones is 2. The van der Waals surface area contributed by atoms with Gasteiger partial charge in [-0.15, -0.1) is 0 Å². The summed E-state index contributed by atoms with van der Waals surface area (Å²) in [6.07, 6.45) is 0.330. The summed E-state index contributed by atoms with van der Waals surface area (Å²) in [6.45, 7) is 14.3. The third kappa shape index (κ3) is 4.84. The Morgan fingerprint density at radius 3 is 2.49 bits per heavy atom. The molecule has 4 heterocycles. The van der Waals surface area contributed by atoms with Crippen molar-refractivity contribution in [1.29, 1.82) is 0 Å². The number of imidazole rings is 1. The van der Waals surface area contributed by atoms with E-state index in [-0.39, 0.29) is 16.6 Å². The van der Waals surface area contributed by atoms with Gasteiger partial charge in [-0.25, -0.2) is 4.98 Å². The van der Waals surface area contributed by atoms with E-state index in [1.807, 2.05) is 13.8 Å². The second-order valence-corrected chi connectivity index (χ2v) is 17.7. The summed E-state index contributed by atoms with van der Waals surface area (Å²) in [6, 6.07) is 6.69. The van der Waals surface area contributed by atoms with Crippen molar-refractivity contribution < 1.29 is 28.2 Å². The molecular formula is C26H31ClN2O6SSi. The molecule has 2 aliphatic rings. The Hall–Kier alpha value is -1.92. The van der Waals surface area contributed by atoms with Crippen LogP contribution in [0, 0.1) is 0 Å². The van der Waals surface area contributed by atoms with E-state index < -0.39 is 38.7 Å². The number of rotatable bonds is 6. The van der Waals surface area contributed by atoms with Crippen molar-refractivity contribution in [2.45, 2.75) is 83.1 Å². The fourth-order valence-corrected chi connectivity index (χ4v) is 6.64. The monoisotopic (exact) mass is 562 g/mol. The molecule has 0 radical (unpaired) electrons. The molecule has 0 unspecified atom stereocenters. The summed E-state index contributed by atoms with van der Waals surface area (Å²) in [4.78, 5) is 32.3. The number of Topliss-reactive ketones (excluding diaryl/α,β-unsaturated/α-hetero) is 1. The number of thiazole rings is 1. The fraction of sp³-hybridized carbons (Fsp3) is 0.500. The molecule has 2 fully saturated rings. The number of carbonyl (C=O) groups is 2. The average Bonchev–Trinajstić information content (AvgIpc) is 3.52. The molecular weight excluding hydrogens is 532 g/mol. The Bertz CT molecular complexity index is 1360. The van der Waals surface area contributed by atoms with Gasteiger partial charge in [-0.3, -0.25) is 14.0 Å². The van der Waals surface area contributed by atoms with Crippen LogP contribution in [0.4, 0.5) is 0 Å². The van der Waals surface area contributed by atoms with Crippen molar-refractivity contribution >= 4 is 47.8 Å². The minimum atomic E-state index is -2.30. The molecule has 2 aliphatic heterocycles. The lowest BCUT2D eigenvalue weighted by atomic mass is 10.1. The number of aromatic nitrogens is 2. The van der Waals surface area contributed by atoms with E-state index in [1.54, 1.807) is 34.9 Å². The van der Waals surface area contributed by atoms with Crippen LogP contribution in [0.5, 0.6) is 0 Å². The normalized spacial score (nSPS) is 25.5. The van der Waals surface area contributed by atoms with E-state index in [0.717, 1.165) is 0 Å². The van der Waals surface area contributed by atoms with Crippen molar-refractivity contribution in [3.63, 3.8) is 0 Å². The molecule has 0 aliphatic carbocycles. The van der Waals surface area contributed by atoms with Crippen molar-refractivity contribution in [2.75, 3.05) is 0 Å². The third-order valence-corrected chi connectivity index (χ3v) is 13.0. The molecule has 1 aromatic carbocycles. The van der Waals surface area contributed by atoms with E-state index in [0.29, 0.717) is 26.1 Å². The van der Waals surface area contributed by atoms with Gasteiger partial charge in [0.05, 0.1) is 11.1 Å². The summed E-state index contributed by atoms with van der Waals surface area (Å²) in [5.41, 5.74) is 0.822. The van der Waals surface area contributed by atoms with Gasteiger partial charge in [0.2, 0.25) is 11.6 Å². The summed E-state index contributed by atoms with van der Waals surface area (Å²) in [5, 5.41) is 0.472. The highest BCUT2D eigenvalue weighted by atomic mass is 35.5. The number of ether oxygens (including phenoxy) is 3. The van der Waals surface area contributed by atoms with E-state index in [1.165, 1.54) is 17.5 Å². The maximum absolute atomic E-state index is 13.9. The number of carbonyl (C=O) groups excluding carboxylic acids is 2. The number of benzene rings is 1. The molecule has 2 saturated heterocycles. The zero-order chi connectivity index (χ0) is 26.9. The van der Waals surface area contributed by atoms with Crippen LogP contribution >= 0.6 is 22.9 Å². The van der Waals surface area contributed by atoms with E-state index in [4.69, 9.17) is 30.2 Å². The topological polar surface area (TPSA) is 88.4 Å². The van der Waals surface area contributed by atoms with Gasteiger partial charge in [0.1, 0.15) is 17.9 Å². The van der Waals surface area contributed by atoms with Gasteiger partial charge in [-0.05, 0) is 56.2 Å². The van der Waals surface area contributed by atoms with Gasteiger partial charge >= 0.3 is 0 Å². The lowest BCUT2D eigenvalue weighted by Gasteiger charge is -2.40. The standard InChI is InChI=1S/C26H31ClN2O6SSi/c1-25(2,3)37(6,7)35-21-20(32-23-22(21)33-26(4,5)34-23)19(31)16-12-28-24-29(16)13-17(36-24)18(30)14-8-10-15(27)11-9-14/h8-13,20-23H,1-7H3/t20-,21+,22-,23-/m1/s1. The molecule has 4 atom stereocenters. The summed E-state index contributed by atoms with van der Waals surface area (Å²) in [7, 11) is -2.30. The lowest BCUT2D eigenvalue weighted by Crippen LogP contribution is -2.51. The molecule has 5 rings (SSSR count). The van der Waals surface area contributed by atoms with E-state index in [2.05, 4.69) is 38.8 Å². The molecule has 11 heteroatoms. The molecule has 0 N–H and O–H groups in total. The first-order valence-corrected chi connectivity index (χ1v) is 16.3. The minimum absolute atomic E-state index is 0.0815. The SMILES string of the molecule is CC1(C)O[C@H]2O[C@H](C(=O)c3cnc4sc(C(=O)c5ccc(Cl)cc5)cn34)[C@H](O[Si](C)(C)C(C)(C)C)[C@H]2O1. The van der Waals surface area contributed by atoms with Gasteiger partial charge in [-0.1, -0.05) is 43.7 Å². The minimum Gasteiger partial charge on any atom is -0.408 e. The Labute approximate surface area is 226 Å². The first-order chi connectivity index (χ1) is 17.2. The molecule has 2 aromatic heterocycles. The number of hydrogen-bond donors (Lipinski definition) is 0. The van der Waals surface area contributed by atoms with Gasteiger partial charge < -0.3 is 18.6 Å². The lowest BCUT2D eigenvalue weighted by molar-refractivity contribution is -0.207. The summed E-state index contributed by atoms with van der Waals surface area (Å²) >= 11 is 7.18. The van der Waals surface area contributed by atoms with Gasteiger partial charge in [0.25, 0.3) is 0 Å². The van der Waals surface area contributed by atoms with Crippen LogP contribution in [0.1, 0.15) is 60.3 Å². The zero-order valence-corrected chi connectivity index (χ0v) is 24.5. The predicted octanol–water partition coefficient (Wildman–Crippen LogP) is 5.73. The van der Waals surface area contributed by atoms with Crippen LogP contribution in [-0.4, -0.2) is 59.7 Å². The van der Waals surface area contributed by atoms with Crippen LogP contribution in [0.3, 0.4) is 0 Å². The first kappa shape index (κ1) is 26.7. The quantitative estimate of drug-likeness (QED) is 0.280. The number of hydrogen-bond acceptors (Lipinski definition) is 8. The predicted molar refractivity (Wildman–Crippen MR) is 143 cm³/mol. The Morgan fingerprint density at radius 2 is 1.84 bits per heavy atom. The number of halogens is 1. The maximum atomic E-state index is 13.9. The number of fused-ring (bicyclic) bond motifs is 2. The van der Waals surface area contributed by atoms with Crippen LogP contribution in [0.2, 0.25) is 23.2 Å². The molecule has 0 saturated carbocycles. The van der Waals surface area contributed by atoms with Crippen molar-refractivity contribution in [1.82, 2.24) is 9.38 Å². The average molecular weight is 563 g/mol. The van der Waals surface area contributed by atoms with Crippen molar-refractivity contribution in [3.8, 4) is 0 Å². The molecule has 198 valence electrons. The Balaban J connectivity index is 1.46. The van der Waals surface area contributed by atoms with Gasteiger partial charge in [0.15, 0.2) is 31.5 Å². The molecule has 3 aromatic rings. The van der Waals surface area contributed by atoms with Crippen LogP contribution < -0.4 is 0 Å². The Kier molecular flexibility index (Phi) is 6.55.